The van der Waals surface area contributed by atoms with Gasteiger partial charge in [-0.3, -0.25) is 0 Å². The molecule has 2 aliphatic rings. The van der Waals surface area contributed by atoms with Crippen molar-refractivity contribution in [3.05, 3.63) is 0 Å². The van der Waals surface area contributed by atoms with E-state index in [9.17, 15) is 8.78 Å². The first kappa shape index (κ1) is 16.3. The fourth-order valence-corrected chi connectivity index (χ4v) is 4.23. The highest BCUT2D eigenvalue weighted by atomic mass is 31.0. The quantitative estimate of drug-likeness (QED) is 0.518. The molecule has 0 aromatic rings. The summed E-state index contributed by atoms with van der Waals surface area (Å²) < 4.78 is 27.1. The van der Waals surface area contributed by atoms with Crippen LogP contribution in [-0.2, 0) is 0 Å². The molecule has 0 saturated heterocycles. The Hall–Kier alpha value is 0.250. The highest BCUT2D eigenvalue weighted by Crippen LogP contribution is 2.42. The van der Waals surface area contributed by atoms with Crippen LogP contribution in [0.5, 0.6) is 0 Å². The zero-order chi connectivity index (χ0) is 12.4. The average Bonchev–Trinajstić information content (AvgIpc) is 2.50. The Morgan fingerprint density at radius 3 is 2.33 bits per heavy atom. The van der Waals surface area contributed by atoms with Crippen LogP contribution in [0.15, 0.2) is 0 Å². The molecular formula is C14H27F2OP. The summed E-state index contributed by atoms with van der Waals surface area (Å²) in [4.78, 5) is 0. The largest absolute Gasteiger partial charge is 0.412 e. The summed E-state index contributed by atoms with van der Waals surface area (Å²) in [7, 11) is 2.52. The Morgan fingerprint density at radius 1 is 0.944 bits per heavy atom. The zero-order valence-electron chi connectivity index (χ0n) is 11.2. The molecule has 2 saturated carbocycles. The van der Waals surface area contributed by atoms with Gasteiger partial charge in [-0.1, -0.05) is 32.6 Å². The first-order valence-electron chi connectivity index (χ1n) is 7.11. The molecule has 2 aliphatic carbocycles. The Bertz CT molecular complexity index is 240. The molecule has 7 atom stereocenters. The Balaban J connectivity index is 0.00000162. The van der Waals surface area contributed by atoms with E-state index in [1.807, 2.05) is 0 Å². The fourth-order valence-electron chi connectivity index (χ4n) is 3.64. The molecule has 1 nitrogen and oxygen atoms in total. The predicted octanol–water partition coefficient (Wildman–Crippen LogP) is 3.71. The molecular weight excluding hydrogens is 253 g/mol. The van der Waals surface area contributed by atoms with Gasteiger partial charge < -0.3 is 5.48 Å². The van der Waals surface area contributed by atoms with Crippen LogP contribution in [0, 0.1) is 17.8 Å². The van der Waals surface area contributed by atoms with Crippen molar-refractivity contribution in [1.29, 1.82) is 0 Å². The van der Waals surface area contributed by atoms with Gasteiger partial charge in [0.15, 0.2) is 0 Å². The Morgan fingerprint density at radius 2 is 1.67 bits per heavy atom. The second-order valence-corrected chi connectivity index (χ2v) is 7.09. The predicted molar refractivity (Wildman–Crippen MR) is 75.4 cm³/mol. The molecule has 0 radical (unpaired) electrons. The second-order valence-electron chi connectivity index (χ2n) is 6.23. The summed E-state index contributed by atoms with van der Waals surface area (Å²) >= 11 is 0. The Kier molecular flexibility index (Phi) is 6.47. The van der Waals surface area contributed by atoms with Gasteiger partial charge in [0.25, 0.3) is 0 Å². The molecule has 108 valence electrons. The van der Waals surface area contributed by atoms with E-state index in [0.717, 1.165) is 12.3 Å². The van der Waals surface area contributed by atoms with Crippen LogP contribution >= 0.6 is 9.24 Å². The maximum atomic E-state index is 13.6. The Labute approximate surface area is 112 Å². The summed E-state index contributed by atoms with van der Waals surface area (Å²) in [5.41, 5.74) is -0.163. The van der Waals surface area contributed by atoms with Gasteiger partial charge in [-0.25, -0.2) is 8.78 Å². The smallest absolute Gasteiger partial charge is 0.137 e. The summed E-state index contributed by atoms with van der Waals surface area (Å²) in [6, 6.07) is 0. The molecule has 2 N–H and O–H groups in total. The van der Waals surface area contributed by atoms with E-state index in [0.29, 0.717) is 18.3 Å². The molecule has 2 rings (SSSR count). The summed E-state index contributed by atoms with van der Waals surface area (Å²) in [5, 5.41) is 0. The summed E-state index contributed by atoms with van der Waals surface area (Å²) in [6.07, 6.45) is 5.19. The van der Waals surface area contributed by atoms with Crippen molar-refractivity contribution in [3.8, 4) is 0 Å². The van der Waals surface area contributed by atoms with E-state index in [1.165, 1.54) is 32.1 Å². The minimum absolute atomic E-state index is 0. The van der Waals surface area contributed by atoms with Crippen molar-refractivity contribution in [2.75, 3.05) is 0 Å². The lowest BCUT2D eigenvalue weighted by molar-refractivity contribution is 0.0699. The van der Waals surface area contributed by atoms with Gasteiger partial charge in [0, 0.05) is 5.66 Å². The third kappa shape index (κ3) is 3.87. The summed E-state index contributed by atoms with van der Waals surface area (Å²) in [6.45, 7) is 2.32. The lowest BCUT2D eigenvalue weighted by Crippen LogP contribution is -2.38. The van der Waals surface area contributed by atoms with Crippen LogP contribution in [0.4, 0.5) is 8.78 Å². The lowest BCUT2D eigenvalue weighted by atomic mass is 9.75. The van der Waals surface area contributed by atoms with Crippen LogP contribution in [0.25, 0.3) is 0 Å². The van der Waals surface area contributed by atoms with E-state index < -0.39 is 12.3 Å². The number of halogens is 2. The van der Waals surface area contributed by atoms with E-state index in [-0.39, 0.29) is 11.1 Å². The van der Waals surface area contributed by atoms with Gasteiger partial charge in [-0.05, 0) is 37.0 Å². The number of hydrogen-bond acceptors (Lipinski definition) is 0. The second kappa shape index (κ2) is 7.14. The third-order valence-corrected chi connectivity index (χ3v) is 5.47. The van der Waals surface area contributed by atoms with Gasteiger partial charge in [-0.2, -0.15) is 0 Å². The number of rotatable bonds is 1. The molecule has 0 heterocycles. The first-order valence-corrected chi connectivity index (χ1v) is 7.78. The van der Waals surface area contributed by atoms with Crippen molar-refractivity contribution >= 4 is 9.24 Å². The molecule has 0 aromatic carbocycles. The van der Waals surface area contributed by atoms with Crippen LogP contribution < -0.4 is 0 Å². The molecule has 18 heavy (non-hydrogen) atoms. The minimum Gasteiger partial charge on any atom is -0.412 e. The number of hydrogen-bond donors (Lipinski definition) is 0. The minimum atomic E-state index is -1.25. The van der Waals surface area contributed by atoms with E-state index in [1.54, 1.807) is 0 Å². The third-order valence-electron chi connectivity index (χ3n) is 4.83. The highest BCUT2D eigenvalue weighted by Gasteiger charge is 2.39. The van der Waals surface area contributed by atoms with Crippen LogP contribution in [0.1, 0.15) is 51.9 Å². The van der Waals surface area contributed by atoms with Gasteiger partial charge in [-0.15, -0.1) is 9.24 Å². The lowest BCUT2D eigenvalue weighted by Gasteiger charge is -2.36. The van der Waals surface area contributed by atoms with Gasteiger partial charge >= 0.3 is 0 Å². The zero-order valence-corrected chi connectivity index (χ0v) is 12.4. The van der Waals surface area contributed by atoms with E-state index in [4.69, 9.17) is 0 Å². The van der Waals surface area contributed by atoms with Crippen LogP contribution in [-0.4, -0.2) is 23.5 Å². The molecule has 0 aliphatic heterocycles. The molecule has 4 heteroatoms. The van der Waals surface area contributed by atoms with E-state index >= 15 is 0 Å². The van der Waals surface area contributed by atoms with Crippen LogP contribution in [0.2, 0.25) is 0 Å². The van der Waals surface area contributed by atoms with E-state index in [2.05, 4.69) is 16.2 Å². The van der Waals surface area contributed by atoms with Crippen molar-refractivity contribution < 1.29 is 14.3 Å². The maximum absolute atomic E-state index is 13.6. The topological polar surface area (TPSA) is 31.5 Å². The van der Waals surface area contributed by atoms with Gasteiger partial charge in [0.05, 0.1) is 0 Å². The molecule has 0 bridgehead atoms. The standard InChI is InChI=1S/C14H25F2P.H2O/c1-9-3-2-4-10(6-5-9)11-7-12(15)14(16)13(17)8-11;/h9-14H,2-8,17H2,1H3;1H2. The van der Waals surface area contributed by atoms with Crippen molar-refractivity contribution in [3.63, 3.8) is 0 Å². The summed E-state index contributed by atoms with van der Waals surface area (Å²) in [5.74, 6) is 1.89. The van der Waals surface area contributed by atoms with Crippen molar-refractivity contribution in [2.45, 2.75) is 69.9 Å². The highest BCUT2D eigenvalue weighted by molar-refractivity contribution is 7.17. The van der Waals surface area contributed by atoms with Gasteiger partial charge in [0.2, 0.25) is 0 Å². The number of alkyl halides is 2. The van der Waals surface area contributed by atoms with Crippen LogP contribution in [0.3, 0.4) is 0 Å². The maximum Gasteiger partial charge on any atom is 0.137 e. The van der Waals surface area contributed by atoms with Crippen molar-refractivity contribution in [1.82, 2.24) is 0 Å². The normalized spacial score (nSPS) is 46.0. The van der Waals surface area contributed by atoms with Gasteiger partial charge in [0.1, 0.15) is 12.3 Å². The molecule has 7 unspecified atom stereocenters. The first-order chi connectivity index (χ1) is 8.08. The molecule has 0 aromatic heterocycles. The molecule has 0 spiro atoms. The molecule has 0 amide bonds. The fraction of sp³-hybridized carbons (Fsp3) is 1.00. The average molecular weight is 280 g/mol. The monoisotopic (exact) mass is 280 g/mol. The SMILES string of the molecule is CC1CCCC(C2CC(F)C(F)C(P)C2)CC1.O. The molecule has 2 fully saturated rings. The van der Waals surface area contributed by atoms with Crippen molar-refractivity contribution in [2.24, 2.45) is 17.8 Å².